The Labute approximate surface area is 105 Å². The van der Waals surface area contributed by atoms with Gasteiger partial charge in [-0.1, -0.05) is 23.7 Å². The van der Waals surface area contributed by atoms with Crippen LogP contribution in [0.5, 0.6) is 0 Å². The van der Waals surface area contributed by atoms with E-state index in [4.69, 9.17) is 16.9 Å². The molecule has 0 saturated heterocycles. The van der Waals surface area contributed by atoms with Crippen LogP contribution >= 0.6 is 11.6 Å². The molecule has 84 valence electrons. The Morgan fingerprint density at radius 1 is 1.29 bits per heavy atom. The number of nitriles is 1. The molecule has 0 spiro atoms. The molecule has 17 heavy (non-hydrogen) atoms. The van der Waals surface area contributed by atoms with Gasteiger partial charge in [-0.15, -0.1) is 0 Å². The van der Waals surface area contributed by atoms with E-state index in [9.17, 15) is 0 Å². The van der Waals surface area contributed by atoms with Crippen LogP contribution in [0.15, 0.2) is 42.6 Å². The first kappa shape index (κ1) is 11.4. The minimum absolute atomic E-state index is 0.474. The Kier molecular flexibility index (Phi) is 3.59. The Balaban J connectivity index is 2.02. The summed E-state index contributed by atoms with van der Waals surface area (Å²) in [7, 11) is 0. The number of nitrogens with zero attached hydrogens (tertiary/aromatic N) is 2. The van der Waals surface area contributed by atoms with Gasteiger partial charge in [0.15, 0.2) is 0 Å². The van der Waals surface area contributed by atoms with Crippen molar-refractivity contribution in [3.63, 3.8) is 0 Å². The van der Waals surface area contributed by atoms with Gasteiger partial charge in [0.05, 0.1) is 23.5 Å². The van der Waals surface area contributed by atoms with E-state index >= 15 is 0 Å². The van der Waals surface area contributed by atoms with Crippen LogP contribution in [0.3, 0.4) is 0 Å². The average Bonchev–Trinajstić information content (AvgIpc) is 2.38. The molecular formula is C13H10ClN3. The van der Waals surface area contributed by atoms with Crippen molar-refractivity contribution in [2.75, 3.05) is 5.32 Å². The van der Waals surface area contributed by atoms with Gasteiger partial charge in [-0.2, -0.15) is 5.26 Å². The molecular weight excluding hydrogens is 234 g/mol. The van der Waals surface area contributed by atoms with Crippen LogP contribution in [0.2, 0.25) is 5.15 Å². The van der Waals surface area contributed by atoms with Crippen molar-refractivity contribution in [1.29, 1.82) is 5.26 Å². The lowest BCUT2D eigenvalue weighted by molar-refractivity contribution is 1.13. The molecule has 2 aromatic rings. The Bertz CT molecular complexity index is 543. The second-order valence-corrected chi connectivity index (χ2v) is 3.92. The highest BCUT2D eigenvalue weighted by Gasteiger charge is 1.96. The van der Waals surface area contributed by atoms with Crippen molar-refractivity contribution in [3.05, 3.63) is 58.9 Å². The number of anilines is 1. The van der Waals surface area contributed by atoms with Gasteiger partial charge < -0.3 is 5.32 Å². The van der Waals surface area contributed by atoms with E-state index in [0.717, 1.165) is 11.3 Å². The summed E-state index contributed by atoms with van der Waals surface area (Å²) in [5.74, 6) is 0. The molecule has 1 N–H and O–H groups in total. The highest BCUT2D eigenvalue weighted by molar-refractivity contribution is 6.29. The predicted molar refractivity (Wildman–Crippen MR) is 67.7 cm³/mol. The quantitative estimate of drug-likeness (QED) is 0.842. The molecule has 2 rings (SSSR count). The Morgan fingerprint density at radius 3 is 2.88 bits per heavy atom. The largest absolute Gasteiger partial charge is 0.380 e. The van der Waals surface area contributed by atoms with Crippen molar-refractivity contribution in [2.24, 2.45) is 0 Å². The molecule has 0 aliphatic heterocycles. The minimum Gasteiger partial charge on any atom is -0.380 e. The molecule has 0 radical (unpaired) electrons. The molecule has 3 nitrogen and oxygen atoms in total. The van der Waals surface area contributed by atoms with E-state index in [2.05, 4.69) is 16.4 Å². The summed E-state index contributed by atoms with van der Waals surface area (Å²) in [5, 5.41) is 12.5. The maximum Gasteiger partial charge on any atom is 0.129 e. The summed E-state index contributed by atoms with van der Waals surface area (Å²) in [5.41, 5.74) is 2.62. The highest BCUT2D eigenvalue weighted by atomic mass is 35.5. The SMILES string of the molecule is N#Cc1cccc(CNc2ccc(Cl)nc2)c1. The van der Waals surface area contributed by atoms with Gasteiger partial charge in [-0.3, -0.25) is 0 Å². The van der Waals surface area contributed by atoms with E-state index in [1.54, 1.807) is 18.3 Å². The number of hydrogen-bond donors (Lipinski definition) is 1. The zero-order chi connectivity index (χ0) is 12.1. The summed E-state index contributed by atoms with van der Waals surface area (Å²) in [6.45, 7) is 0.652. The molecule has 0 amide bonds. The van der Waals surface area contributed by atoms with E-state index in [-0.39, 0.29) is 0 Å². The van der Waals surface area contributed by atoms with Crippen molar-refractivity contribution >= 4 is 17.3 Å². The van der Waals surface area contributed by atoms with Crippen molar-refractivity contribution in [2.45, 2.75) is 6.54 Å². The molecule has 1 aromatic heterocycles. The fraction of sp³-hybridized carbons (Fsp3) is 0.0769. The van der Waals surface area contributed by atoms with E-state index in [1.807, 2.05) is 24.3 Å². The molecule has 0 saturated carbocycles. The van der Waals surface area contributed by atoms with Gasteiger partial charge >= 0.3 is 0 Å². The number of hydrogen-bond acceptors (Lipinski definition) is 3. The van der Waals surface area contributed by atoms with Gasteiger partial charge in [0.1, 0.15) is 5.15 Å². The minimum atomic E-state index is 0.474. The van der Waals surface area contributed by atoms with Crippen LogP contribution in [0, 0.1) is 11.3 Å². The molecule has 1 aromatic carbocycles. The van der Waals surface area contributed by atoms with Crippen LogP contribution in [0.4, 0.5) is 5.69 Å². The zero-order valence-corrected chi connectivity index (χ0v) is 9.78. The summed E-state index contributed by atoms with van der Waals surface area (Å²) in [6.07, 6.45) is 1.68. The standard InChI is InChI=1S/C13H10ClN3/c14-13-5-4-12(9-17-13)16-8-11-3-1-2-10(6-11)7-15/h1-6,9,16H,8H2. The average molecular weight is 244 g/mol. The molecule has 0 bridgehead atoms. The zero-order valence-electron chi connectivity index (χ0n) is 9.02. The molecule has 0 aliphatic carbocycles. The Morgan fingerprint density at radius 2 is 2.18 bits per heavy atom. The predicted octanol–water partition coefficient (Wildman–Crippen LogP) is 3.22. The number of nitrogens with one attached hydrogen (secondary N) is 1. The smallest absolute Gasteiger partial charge is 0.129 e. The fourth-order valence-electron chi connectivity index (χ4n) is 1.44. The highest BCUT2D eigenvalue weighted by Crippen LogP contribution is 2.11. The summed E-state index contributed by atoms with van der Waals surface area (Å²) >= 11 is 5.69. The number of rotatable bonds is 3. The van der Waals surface area contributed by atoms with Crippen LogP contribution in [0.1, 0.15) is 11.1 Å². The monoisotopic (exact) mass is 243 g/mol. The van der Waals surface area contributed by atoms with Crippen LogP contribution in [0.25, 0.3) is 0 Å². The first-order valence-electron chi connectivity index (χ1n) is 5.12. The topological polar surface area (TPSA) is 48.7 Å². The summed E-state index contributed by atoms with van der Waals surface area (Å²) < 4.78 is 0. The molecule has 0 unspecified atom stereocenters. The van der Waals surface area contributed by atoms with E-state index in [0.29, 0.717) is 17.3 Å². The first-order chi connectivity index (χ1) is 8.28. The van der Waals surface area contributed by atoms with Gasteiger partial charge in [0.25, 0.3) is 0 Å². The third kappa shape index (κ3) is 3.20. The molecule has 1 heterocycles. The van der Waals surface area contributed by atoms with Gasteiger partial charge in [-0.25, -0.2) is 4.98 Å². The number of pyridine rings is 1. The first-order valence-corrected chi connectivity index (χ1v) is 5.50. The number of benzene rings is 1. The molecule has 4 heteroatoms. The van der Waals surface area contributed by atoms with E-state index in [1.165, 1.54) is 0 Å². The second kappa shape index (κ2) is 5.33. The van der Waals surface area contributed by atoms with Crippen LogP contribution in [-0.4, -0.2) is 4.98 Å². The summed E-state index contributed by atoms with van der Waals surface area (Å²) in [6, 6.07) is 13.2. The second-order valence-electron chi connectivity index (χ2n) is 3.54. The van der Waals surface area contributed by atoms with Crippen LogP contribution in [-0.2, 0) is 6.54 Å². The number of aromatic nitrogens is 1. The van der Waals surface area contributed by atoms with Crippen molar-refractivity contribution in [1.82, 2.24) is 4.98 Å². The van der Waals surface area contributed by atoms with Gasteiger partial charge in [0, 0.05) is 6.54 Å². The van der Waals surface area contributed by atoms with E-state index < -0.39 is 0 Å². The van der Waals surface area contributed by atoms with Crippen molar-refractivity contribution < 1.29 is 0 Å². The molecule has 0 atom stereocenters. The van der Waals surface area contributed by atoms with Gasteiger partial charge in [-0.05, 0) is 29.8 Å². The molecule has 0 aliphatic rings. The lowest BCUT2D eigenvalue weighted by atomic mass is 10.1. The third-order valence-electron chi connectivity index (χ3n) is 2.28. The van der Waals surface area contributed by atoms with Crippen molar-refractivity contribution in [3.8, 4) is 6.07 Å². The van der Waals surface area contributed by atoms with Crippen LogP contribution < -0.4 is 5.32 Å². The summed E-state index contributed by atoms with van der Waals surface area (Å²) in [4.78, 5) is 3.98. The lowest BCUT2D eigenvalue weighted by Crippen LogP contribution is -1.99. The number of halogens is 1. The Hall–Kier alpha value is -2.05. The maximum absolute atomic E-state index is 8.78. The third-order valence-corrected chi connectivity index (χ3v) is 2.50. The normalized spacial score (nSPS) is 9.65. The van der Waals surface area contributed by atoms with Gasteiger partial charge in [0.2, 0.25) is 0 Å². The lowest BCUT2D eigenvalue weighted by Gasteiger charge is -2.06. The molecule has 0 fully saturated rings. The fourth-order valence-corrected chi connectivity index (χ4v) is 1.55. The maximum atomic E-state index is 8.78.